The third kappa shape index (κ3) is 4.85. The number of hydrogen-bond acceptors (Lipinski definition) is 4. The maximum absolute atomic E-state index is 13.2. The molecular weight excluding hydrogens is 368 g/mol. The van der Waals surface area contributed by atoms with E-state index in [4.69, 9.17) is 9.47 Å². The molecule has 1 saturated heterocycles. The maximum atomic E-state index is 13.2. The molecule has 2 aliphatic rings. The van der Waals surface area contributed by atoms with Gasteiger partial charge in [-0.05, 0) is 50.3 Å². The number of carbonyl (C=O) groups is 2. The van der Waals surface area contributed by atoms with E-state index >= 15 is 0 Å². The molecule has 0 radical (unpaired) electrons. The van der Waals surface area contributed by atoms with E-state index in [1.165, 1.54) is 25.7 Å². The van der Waals surface area contributed by atoms with Gasteiger partial charge in [0.25, 0.3) is 0 Å². The van der Waals surface area contributed by atoms with Crippen molar-refractivity contribution in [2.45, 2.75) is 76.3 Å². The van der Waals surface area contributed by atoms with Crippen LogP contribution in [0.25, 0.3) is 0 Å². The minimum absolute atomic E-state index is 0.00237. The molecule has 6 heteroatoms. The first kappa shape index (κ1) is 21.5. The van der Waals surface area contributed by atoms with Crippen molar-refractivity contribution in [2.75, 3.05) is 20.8 Å². The number of ether oxygens (including phenoxy) is 2. The van der Waals surface area contributed by atoms with Crippen molar-refractivity contribution in [1.29, 1.82) is 0 Å². The van der Waals surface area contributed by atoms with Gasteiger partial charge in [0.05, 0.1) is 14.2 Å². The summed E-state index contributed by atoms with van der Waals surface area (Å²) >= 11 is 0. The van der Waals surface area contributed by atoms with Gasteiger partial charge in [-0.1, -0.05) is 31.7 Å². The molecule has 1 aliphatic carbocycles. The number of benzene rings is 1. The molecule has 1 aromatic rings. The summed E-state index contributed by atoms with van der Waals surface area (Å²) in [6, 6.07) is 6.02. The molecule has 1 N–H and O–H groups in total. The Hall–Kier alpha value is -2.24. The Morgan fingerprint density at radius 3 is 2.48 bits per heavy atom. The summed E-state index contributed by atoms with van der Waals surface area (Å²) in [5.41, 5.74) is 0.286. The summed E-state index contributed by atoms with van der Waals surface area (Å²) < 4.78 is 10.7. The lowest BCUT2D eigenvalue weighted by Crippen LogP contribution is -2.56. The molecule has 3 rings (SSSR count). The topological polar surface area (TPSA) is 67.9 Å². The predicted molar refractivity (Wildman–Crippen MR) is 112 cm³/mol. The Morgan fingerprint density at radius 2 is 1.83 bits per heavy atom. The van der Waals surface area contributed by atoms with Gasteiger partial charge in [-0.25, -0.2) is 0 Å². The Balaban J connectivity index is 1.66. The molecule has 1 aliphatic heterocycles. The molecule has 29 heavy (non-hydrogen) atoms. The van der Waals surface area contributed by atoms with Crippen molar-refractivity contribution in [3.8, 4) is 11.5 Å². The number of amides is 2. The molecule has 1 aromatic carbocycles. The van der Waals surface area contributed by atoms with Crippen molar-refractivity contribution in [3.63, 3.8) is 0 Å². The standard InChI is InChI=1S/C23H34N2O4/c1-23(22(27)24-18-8-6-4-5-7-9-18)14-12-21(26)25(23)15-13-17-10-11-19(28-2)20(16-17)29-3/h10-11,16,18H,4-9,12-15H2,1-3H3,(H,24,27). The summed E-state index contributed by atoms with van der Waals surface area (Å²) in [6.07, 6.45) is 8.60. The van der Waals surface area contributed by atoms with Crippen LogP contribution in [0, 0.1) is 0 Å². The second-order valence-corrected chi connectivity index (χ2v) is 8.42. The lowest BCUT2D eigenvalue weighted by atomic mass is 9.95. The maximum Gasteiger partial charge on any atom is 0.245 e. The highest BCUT2D eigenvalue weighted by molar-refractivity contribution is 5.94. The third-order valence-electron chi connectivity index (χ3n) is 6.47. The molecule has 0 aromatic heterocycles. The van der Waals surface area contributed by atoms with Crippen LogP contribution in [0.3, 0.4) is 0 Å². The average molecular weight is 403 g/mol. The van der Waals surface area contributed by atoms with Gasteiger partial charge in [-0.15, -0.1) is 0 Å². The number of methoxy groups -OCH3 is 2. The Morgan fingerprint density at radius 1 is 1.14 bits per heavy atom. The average Bonchev–Trinajstić information content (AvgIpc) is 2.89. The van der Waals surface area contributed by atoms with Crippen LogP contribution in [0.5, 0.6) is 11.5 Å². The van der Waals surface area contributed by atoms with Gasteiger partial charge in [-0.3, -0.25) is 9.59 Å². The van der Waals surface area contributed by atoms with Gasteiger partial charge in [0, 0.05) is 19.0 Å². The quantitative estimate of drug-likeness (QED) is 0.709. The molecule has 1 unspecified atom stereocenters. The zero-order chi connectivity index (χ0) is 20.9. The molecule has 0 spiro atoms. The summed E-state index contributed by atoms with van der Waals surface area (Å²) in [6.45, 7) is 2.43. The van der Waals surface area contributed by atoms with Crippen LogP contribution in [0.1, 0.15) is 63.9 Å². The Bertz CT molecular complexity index is 728. The first-order chi connectivity index (χ1) is 14.0. The van der Waals surface area contributed by atoms with E-state index in [9.17, 15) is 9.59 Å². The lowest BCUT2D eigenvalue weighted by Gasteiger charge is -2.35. The van der Waals surface area contributed by atoms with Crippen LogP contribution in [-0.2, 0) is 16.0 Å². The van der Waals surface area contributed by atoms with E-state index in [1.54, 1.807) is 19.1 Å². The fourth-order valence-electron chi connectivity index (χ4n) is 4.54. The van der Waals surface area contributed by atoms with E-state index in [1.807, 2.05) is 25.1 Å². The highest BCUT2D eigenvalue weighted by Gasteiger charge is 2.47. The SMILES string of the molecule is COc1ccc(CCN2C(=O)CCC2(C)C(=O)NC2CCCCCC2)cc1OC. The van der Waals surface area contributed by atoms with Crippen molar-refractivity contribution in [1.82, 2.24) is 10.2 Å². The van der Waals surface area contributed by atoms with E-state index in [-0.39, 0.29) is 17.9 Å². The lowest BCUT2D eigenvalue weighted by molar-refractivity contribution is -0.141. The highest BCUT2D eigenvalue weighted by Crippen LogP contribution is 2.32. The molecule has 6 nitrogen and oxygen atoms in total. The second-order valence-electron chi connectivity index (χ2n) is 8.42. The number of rotatable bonds is 7. The summed E-state index contributed by atoms with van der Waals surface area (Å²) in [5, 5.41) is 3.25. The molecule has 2 amide bonds. The smallest absolute Gasteiger partial charge is 0.245 e. The molecule has 0 bridgehead atoms. The molecule has 1 saturated carbocycles. The third-order valence-corrected chi connectivity index (χ3v) is 6.47. The van der Waals surface area contributed by atoms with Crippen LogP contribution in [0.15, 0.2) is 18.2 Å². The number of carbonyl (C=O) groups excluding carboxylic acids is 2. The Kier molecular flexibility index (Phi) is 7.04. The van der Waals surface area contributed by atoms with E-state index < -0.39 is 5.54 Å². The minimum atomic E-state index is -0.764. The predicted octanol–water partition coefficient (Wildman–Crippen LogP) is 3.47. The zero-order valence-corrected chi connectivity index (χ0v) is 18.0. The van der Waals surface area contributed by atoms with Crippen LogP contribution in [-0.4, -0.2) is 49.1 Å². The van der Waals surface area contributed by atoms with E-state index in [2.05, 4.69) is 5.32 Å². The van der Waals surface area contributed by atoms with E-state index in [0.717, 1.165) is 18.4 Å². The number of nitrogens with one attached hydrogen (secondary N) is 1. The van der Waals surface area contributed by atoms with Gasteiger partial charge in [0.1, 0.15) is 5.54 Å². The van der Waals surface area contributed by atoms with Crippen molar-refractivity contribution in [3.05, 3.63) is 23.8 Å². The molecule has 2 fully saturated rings. The van der Waals surface area contributed by atoms with Crippen molar-refractivity contribution in [2.24, 2.45) is 0 Å². The molecule has 1 atom stereocenters. The first-order valence-corrected chi connectivity index (χ1v) is 10.8. The molecular formula is C23H34N2O4. The fourth-order valence-corrected chi connectivity index (χ4v) is 4.54. The Labute approximate surface area is 173 Å². The van der Waals surface area contributed by atoms with Crippen LogP contribution < -0.4 is 14.8 Å². The normalized spacial score (nSPS) is 23.0. The number of hydrogen-bond donors (Lipinski definition) is 1. The zero-order valence-electron chi connectivity index (χ0n) is 18.0. The highest BCUT2D eigenvalue weighted by atomic mass is 16.5. The molecule has 1 heterocycles. The van der Waals surface area contributed by atoms with Gasteiger partial charge in [-0.2, -0.15) is 0 Å². The summed E-state index contributed by atoms with van der Waals surface area (Å²) in [4.78, 5) is 27.5. The number of nitrogens with zero attached hydrogens (tertiary/aromatic N) is 1. The van der Waals surface area contributed by atoms with Gasteiger partial charge in [0.2, 0.25) is 11.8 Å². The van der Waals surface area contributed by atoms with Gasteiger partial charge < -0.3 is 19.7 Å². The van der Waals surface area contributed by atoms with Crippen LogP contribution >= 0.6 is 0 Å². The fraction of sp³-hybridized carbons (Fsp3) is 0.652. The number of likely N-dealkylation sites (tertiary alicyclic amines) is 1. The van der Waals surface area contributed by atoms with Crippen molar-refractivity contribution >= 4 is 11.8 Å². The molecule has 160 valence electrons. The minimum Gasteiger partial charge on any atom is -0.493 e. The van der Waals surface area contributed by atoms with Crippen LogP contribution in [0.2, 0.25) is 0 Å². The monoisotopic (exact) mass is 402 g/mol. The summed E-state index contributed by atoms with van der Waals surface area (Å²) in [7, 11) is 3.22. The van der Waals surface area contributed by atoms with Crippen molar-refractivity contribution < 1.29 is 19.1 Å². The van der Waals surface area contributed by atoms with Crippen LogP contribution in [0.4, 0.5) is 0 Å². The van der Waals surface area contributed by atoms with Gasteiger partial charge in [0.15, 0.2) is 11.5 Å². The van der Waals surface area contributed by atoms with Gasteiger partial charge >= 0.3 is 0 Å². The second kappa shape index (κ2) is 9.51. The summed E-state index contributed by atoms with van der Waals surface area (Å²) in [5.74, 6) is 1.42. The largest absolute Gasteiger partial charge is 0.493 e. The van der Waals surface area contributed by atoms with E-state index in [0.29, 0.717) is 37.3 Å². The first-order valence-electron chi connectivity index (χ1n) is 10.8.